The molecule has 4 amide bonds. The van der Waals surface area contributed by atoms with E-state index in [0.29, 0.717) is 24.4 Å². The Kier molecular flexibility index (Phi) is 5.99. The van der Waals surface area contributed by atoms with Gasteiger partial charge in [0.15, 0.2) is 0 Å². The summed E-state index contributed by atoms with van der Waals surface area (Å²) in [6.07, 6.45) is 1.12. The molecule has 1 atom stereocenters. The molecule has 2 aromatic rings. The third-order valence-corrected chi connectivity index (χ3v) is 5.06. The van der Waals surface area contributed by atoms with Crippen molar-refractivity contribution in [2.45, 2.75) is 31.8 Å². The first-order valence-electron chi connectivity index (χ1n) is 9.06. The zero-order chi connectivity index (χ0) is 20.1. The largest absolute Gasteiger partial charge is 0.350 e. The lowest BCUT2D eigenvalue weighted by Crippen LogP contribution is -2.45. The number of hydrogen-bond acceptors (Lipinski definition) is 3. The number of carbonyl (C=O) groups is 3. The van der Waals surface area contributed by atoms with E-state index in [1.54, 1.807) is 31.2 Å². The predicted molar refractivity (Wildman–Crippen MR) is 107 cm³/mol. The van der Waals surface area contributed by atoms with Crippen LogP contribution in [0.15, 0.2) is 54.6 Å². The zero-order valence-corrected chi connectivity index (χ0v) is 16.3. The Bertz CT molecular complexity index is 870. The Morgan fingerprint density at radius 3 is 2.43 bits per heavy atom. The first-order valence-corrected chi connectivity index (χ1v) is 9.44. The Morgan fingerprint density at radius 1 is 1.07 bits per heavy atom. The van der Waals surface area contributed by atoms with Crippen molar-refractivity contribution in [2.24, 2.45) is 0 Å². The SMILES string of the molecule is C[C@]1(CCc2ccccc2)NC(=O)N(CC(=O)NCc2ccc(Cl)cc2)C1=O. The van der Waals surface area contributed by atoms with Crippen molar-refractivity contribution < 1.29 is 14.4 Å². The average Bonchev–Trinajstić information content (AvgIpc) is 2.90. The highest BCUT2D eigenvalue weighted by Gasteiger charge is 2.47. The van der Waals surface area contributed by atoms with Crippen LogP contribution in [0.25, 0.3) is 0 Å². The Hall–Kier alpha value is -2.86. The predicted octanol–water partition coefficient (Wildman–Crippen LogP) is 2.90. The number of urea groups is 1. The number of benzene rings is 2. The molecular weight excluding hydrogens is 378 g/mol. The van der Waals surface area contributed by atoms with Crippen LogP contribution in [-0.2, 0) is 22.6 Å². The number of amides is 4. The van der Waals surface area contributed by atoms with Crippen molar-refractivity contribution in [3.8, 4) is 0 Å². The van der Waals surface area contributed by atoms with E-state index >= 15 is 0 Å². The van der Waals surface area contributed by atoms with Crippen LogP contribution < -0.4 is 10.6 Å². The summed E-state index contributed by atoms with van der Waals surface area (Å²) in [7, 11) is 0. The Labute approximate surface area is 168 Å². The van der Waals surface area contributed by atoms with E-state index in [2.05, 4.69) is 10.6 Å². The minimum atomic E-state index is -1.01. The summed E-state index contributed by atoms with van der Waals surface area (Å²) in [5.41, 5.74) is 0.955. The number of carbonyl (C=O) groups excluding carboxylic acids is 3. The van der Waals surface area contributed by atoms with Gasteiger partial charge in [0.25, 0.3) is 5.91 Å². The summed E-state index contributed by atoms with van der Waals surface area (Å²) < 4.78 is 0. The maximum Gasteiger partial charge on any atom is 0.325 e. The molecule has 2 N–H and O–H groups in total. The van der Waals surface area contributed by atoms with Gasteiger partial charge in [-0.2, -0.15) is 0 Å². The van der Waals surface area contributed by atoms with Crippen LogP contribution in [0.3, 0.4) is 0 Å². The summed E-state index contributed by atoms with van der Waals surface area (Å²) in [4.78, 5) is 38.2. The lowest BCUT2D eigenvalue weighted by molar-refractivity contribution is -0.134. The summed E-state index contributed by atoms with van der Waals surface area (Å²) in [5.74, 6) is -0.777. The molecule has 2 aromatic carbocycles. The Morgan fingerprint density at radius 2 is 1.75 bits per heavy atom. The molecule has 0 bridgehead atoms. The number of rotatable bonds is 7. The van der Waals surface area contributed by atoms with Crippen molar-refractivity contribution in [1.82, 2.24) is 15.5 Å². The average molecular weight is 400 g/mol. The van der Waals surface area contributed by atoms with Gasteiger partial charge in [0, 0.05) is 11.6 Å². The van der Waals surface area contributed by atoms with Crippen LogP contribution in [0.4, 0.5) is 4.79 Å². The molecule has 0 aromatic heterocycles. The molecule has 3 rings (SSSR count). The standard InChI is InChI=1S/C21H22ClN3O3/c1-21(12-11-15-5-3-2-4-6-15)19(27)25(20(28)24-21)14-18(26)23-13-16-7-9-17(22)10-8-16/h2-10H,11-14H2,1H3,(H,23,26)(H,24,28)/t21-/m1/s1. The first-order chi connectivity index (χ1) is 13.4. The van der Waals surface area contributed by atoms with E-state index in [1.165, 1.54) is 0 Å². The molecule has 1 saturated heterocycles. The summed E-state index contributed by atoms with van der Waals surface area (Å²) in [5, 5.41) is 6.06. The number of imide groups is 1. The highest BCUT2D eigenvalue weighted by molar-refractivity contribution is 6.30. The van der Waals surface area contributed by atoms with E-state index < -0.39 is 17.5 Å². The van der Waals surface area contributed by atoms with Crippen molar-refractivity contribution >= 4 is 29.4 Å². The molecule has 1 fully saturated rings. The second kappa shape index (κ2) is 8.44. The minimum Gasteiger partial charge on any atom is -0.350 e. The van der Waals surface area contributed by atoms with Gasteiger partial charge in [-0.25, -0.2) is 4.79 Å². The lowest BCUT2D eigenvalue weighted by atomic mass is 9.93. The van der Waals surface area contributed by atoms with Crippen molar-refractivity contribution in [2.75, 3.05) is 6.54 Å². The molecule has 6 nitrogen and oxygen atoms in total. The van der Waals surface area contributed by atoms with Crippen molar-refractivity contribution in [1.29, 1.82) is 0 Å². The maximum atomic E-state index is 12.8. The maximum absolute atomic E-state index is 12.8. The smallest absolute Gasteiger partial charge is 0.325 e. The summed E-state index contributed by atoms with van der Waals surface area (Å²) in [6, 6.07) is 16.3. The fourth-order valence-electron chi connectivity index (χ4n) is 3.10. The molecule has 28 heavy (non-hydrogen) atoms. The van der Waals surface area contributed by atoms with Gasteiger partial charge in [0.2, 0.25) is 5.91 Å². The molecule has 0 aliphatic carbocycles. The van der Waals surface area contributed by atoms with Crippen molar-refractivity contribution in [3.63, 3.8) is 0 Å². The molecule has 1 aliphatic heterocycles. The first kappa shape index (κ1) is 19.9. The minimum absolute atomic E-state index is 0.297. The van der Waals surface area contributed by atoms with Crippen LogP contribution >= 0.6 is 11.6 Å². The lowest BCUT2D eigenvalue weighted by Gasteiger charge is -2.21. The van der Waals surface area contributed by atoms with Crippen molar-refractivity contribution in [3.05, 3.63) is 70.7 Å². The fraction of sp³-hybridized carbons (Fsp3) is 0.286. The van der Waals surface area contributed by atoms with Gasteiger partial charge in [0.1, 0.15) is 12.1 Å². The van der Waals surface area contributed by atoms with E-state index in [-0.39, 0.29) is 12.5 Å². The van der Waals surface area contributed by atoms with Crippen LogP contribution in [0, 0.1) is 0 Å². The second-order valence-electron chi connectivity index (χ2n) is 7.04. The van der Waals surface area contributed by atoms with Crippen LogP contribution in [0.2, 0.25) is 5.02 Å². The Balaban J connectivity index is 1.55. The van der Waals surface area contributed by atoms with Crippen LogP contribution in [0.5, 0.6) is 0 Å². The van der Waals surface area contributed by atoms with E-state index in [4.69, 9.17) is 11.6 Å². The van der Waals surface area contributed by atoms with Gasteiger partial charge in [-0.15, -0.1) is 0 Å². The molecule has 146 valence electrons. The van der Waals surface area contributed by atoms with Gasteiger partial charge >= 0.3 is 6.03 Å². The fourth-order valence-corrected chi connectivity index (χ4v) is 3.23. The van der Waals surface area contributed by atoms with Crippen LogP contribution in [0.1, 0.15) is 24.5 Å². The molecule has 0 spiro atoms. The highest BCUT2D eigenvalue weighted by Crippen LogP contribution is 2.23. The quantitative estimate of drug-likeness (QED) is 0.702. The molecule has 0 radical (unpaired) electrons. The third kappa shape index (κ3) is 4.70. The van der Waals surface area contributed by atoms with Gasteiger partial charge < -0.3 is 10.6 Å². The zero-order valence-electron chi connectivity index (χ0n) is 15.6. The topological polar surface area (TPSA) is 78.5 Å². The van der Waals surface area contributed by atoms with Gasteiger partial charge in [0.05, 0.1) is 0 Å². The number of aryl methyl sites for hydroxylation is 1. The monoisotopic (exact) mass is 399 g/mol. The summed E-state index contributed by atoms with van der Waals surface area (Å²) >= 11 is 5.84. The summed E-state index contributed by atoms with van der Waals surface area (Å²) in [6.45, 7) is 1.69. The molecule has 0 unspecified atom stereocenters. The van der Waals surface area contributed by atoms with Gasteiger partial charge in [-0.3, -0.25) is 14.5 Å². The number of hydrogen-bond donors (Lipinski definition) is 2. The van der Waals surface area contributed by atoms with Gasteiger partial charge in [-0.05, 0) is 43.0 Å². The molecule has 1 aliphatic rings. The van der Waals surface area contributed by atoms with E-state index in [1.807, 2.05) is 30.3 Å². The number of nitrogens with one attached hydrogen (secondary N) is 2. The van der Waals surface area contributed by atoms with Crippen LogP contribution in [-0.4, -0.2) is 34.8 Å². The molecular formula is C21H22ClN3O3. The normalized spacial score (nSPS) is 18.9. The number of halogens is 1. The number of nitrogens with zero attached hydrogens (tertiary/aromatic N) is 1. The third-order valence-electron chi connectivity index (χ3n) is 4.81. The molecule has 0 saturated carbocycles. The van der Waals surface area contributed by atoms with E-state index in [9.17, 15) is 14.4 Å². The second-order valence-corrected chi connectivity index (χ2v) is 7.48. The van der Waals surface area contributed by atoms with Gasteiger partial charge in [-0.1, -0.05) is 54.1 Å². The highest BCUT2D eigenvalue weighted by atomic mass is 35.5. The van der Waals surface area contributed by atoms with E-state index in [0.717, 1.165) is 16.0 Å². The molecule has 7 heteroatoms. The molecule has 1 heterocycles.